The molecule has 0 aliphatic heterocycles. The van der Waals surface area contributed by atoms with Crippen LogP contribution in [0.15, 0.2) is 60.7 Å². The summed E-state index contributed by atoms with van der Waals surface area (Å²) in [7, 11) is 0. The fraction of sp³-hybridized carbons (Fsp3) is 0.300. The minimum atomic E-state index is 0. The number of nitrogens with zero attached hydrogens (tertiary/aromatic N) is 1. The first-order chi connectivity index (χ1) is 13.5. The number of nitrogens with one attached hydrogen (secondary N) is 1. The molecular weight excluding hydrogens is 462 g/mol. The van der Waals surface area contributed by atoms with Gasteiger partial charge in [-0.25, -0.2) is 0 Å². The second-order valence-corrected chi connectivity index (χ2v) is 6.14. The zero-order valence-corrected chi connectivity index (χ0v) is 18.5. The minimum Gasteiger partial charge on any atom is -0.676 e. The van der Waals surface area contributed by atoms with Crippen LogP contribution in [0.1, 0.15) is 0 Å². The molecule has 0 atom stereocenters. The maximum Gasteiger partial charge on any atom is 3.00 e. The molecular formula is C20H29Cl2CoN2O4+6. The molecule has 0 unspecified atom stereocenters. The van der Waals surface area contributed by atoms with Gasteiger partial charge in [-0.2, -0.15) is 0 Å². The fourth-order valence-corrected chi connectivity index (χ4v) is 2.29. The Morgan fingerprint density at radius 1 is 0.724 bits per heavy atom. The van der Waals surface area contributed by atoms with Gasteiger partial charge in [0.2, 0.25) is 0 Å². The minimum absolute atomic E-state index is 0. The standard InChI is InChI=1S/2C7H6O2.C6H13Cl2N2.Co/c2*8-6-4-2-1-3-5-7(6)9;7-1-4-10(5-2-8)6-3-9;/h2*1-5H,(H,8,9);9H,1-6H2;/q;;-1;+3/p+4. The molecule has 160 valence electrons. The Hall–Kier alpha value is -1.61. The molecule has 0 heterocycles. The molecule has 0 aliphatic carbocycles. The van der Waals surface area contributed by atoms with Crippen molar-refractivity contribution < 1.29 is 36.6 Å². The van der Waals surface area contributed by atoms with Crippen LogP contribution in [0.3, 0.4) is 0 Å². The average Bonchev–Trinajstić information content (AvgIpc) is 2.98. The largest absolute Gasteiger partial charge is 3.00 e. The summed E-state index contributed by atoms with van der Waals surface area (Å²) in [6.45, 7) is 2.88. The predicted octanol–water partition coefficient (Wildman–Crippen LogP) is 2.07. The van der Waals surface area contributed by atoms with E-state index in [-0.39, 0.29) is 39.1 Å². The molecule has 0 aromatic heterocycles. The van der Waals surface area contributed by atoms with Gasteiger partial charge in [-0.1, -0.05) is 36.4 Å². The van der Waals surface area contributed by atoms with E-state index in [0.29, 0.717) is 18.3 Å². The summed E-state index contributed by atoms with van der Waals surface area (Å²) in [6, 6.07) is 16.4. The van der Waals surface area contributed by atoms with E-state index in [2.05, 4.69) is 4.90 Å². The Morgan fingerprint density at radius 3 is 1.45 bits per heavy atom. The van der Waals surface area contributed by atoms with Gasteiger partial charge in [0.05, 0.1) is 12.1 Å². The van der Waals surface area contributed by atoms with Gasteiger partial charge in [-0.05, 0) is 6.54 Å². The molecule has 2 rings (SSSR count). The molecule has 9 heteroatoms. The van der Waals surface area contributed by atoms with E-state index in [1.807, 2.05) is 0 Å². The van der Waals surface area contributed by atoms with Crippen LogP contribution >= 0.6 is 23.2 Å². The second-order valence-electron chi connectivity index (χ2n) is 5.39. The van der Waals surface area contributed by atoms with E-state index in [0.717, 1.165) is 19.6 Å². The number of hydrogen-bond donors (Lipinski definition) is 0. The van der Waals surface area contributed by atoms with Gasteiger partial charge < -0.3 is 20.8 Å². The van der Waals surface area contributed by atoms with E-state index in [1.165, 1.54) is 24.3 Å². The quantitative estimate of drug-likeness (QED) is 0.447. The van der Waals surface area contributed by atoms with Gasteiger partial charge in [-0.15, -0.1) is 29.7 Å². The normalized spacial score (nSPS) is 9.24. The van der Waals surface area contributed by atoms with Gasteiger partial charge in [0.25, 0.3) is 0 Å². The molecule has 0 bridgehead atoms. The summed E-state index contributed by atoms with van der Waals surface area (Å²) >= 11 is 11.0. The van der Waals surface area contributed by atoms with Crippen molar-refractivity contribution in [2.75, 3.05) is 37.9 Å². The molecule has 0 fully saturated rings. The molecule has 0 saturated carbocycles. The molecule has 0 amide bonds. The summed E-state index contributed by atoms with van der Waals surface area (Å²) in [6.07, 6.45) is 0. The van der Waals surface area contributed by atoms with Crippen LogP contribution in [0, 0.1) is 0 Å². The first-order valence-corrected chi connectivity index (χ1v) is 9.67. The number of alkyl halides is 2. The van der Waals surface area contributed by atoms with Crippen molar-refractivity contribution in [3.05, 3.63) is 77.3 Å². The van der Waals surface area contributed by atoms with Gasteiger partial charge in [0, 0.05) is 37.0 Å². The summed E-state index contributed by atoms with van der Waals surface area (Å²) in [5, 5.41) is 14.2. The zero-order valence-electron chi connectivity index (χ0n) is 15.9. The third-order valence-electron chi connectivity index (χ3n) is 3.26. The van der Waals surface area contributed by atoms with Crippen molar-refractivity contribution in [3.63, 3.8) is 0 Å². The SMILES string of the molecule is [Co+3].[NH-]CCN(CCCl)CCCl.[OH+]=c1cccccc1[OH2+].[OH+]=c1cccccc1[OH2+]. The number of halogens is 2. The van der Waals surface area contributed by atoms with Crippen LogP contribution < -0.4 is 10.9 Å². The zero-order chi connectivity index (χ0) is 21.2. The molecule has 0 radical (unpaired) electrons. The van der Waals surface area contributed by atoms with Crippen LogP contribution in [-0.2, 0) is 16.8 Å². The van der Waals surface area contributed by atoms with Crippen LogP contribution in [0.4, 0.5) is 0 Å². The topological polar surface area (TPSA) is 116 Å². The Labute approximate surface area is 191 Å². The van der Waals surface area contributed by atoms with E-state index >= 15 is 0 Å². The average molecular weight is 491 g/mol. The van der Waals surface area contributed by atoms with Crippen molar-refractivity contribution in [1.29, 1.82) is 0 Å². The Kier molecular flexibility index (Phi) is 20.1. The van der Waals surface area contributed by atoms with Crippen LogP contribution in [0.2, 0.25) is 0 Å². The maximum atomic E-state index is 8.89. The first kappa shape index (κ1) is 29.6. The molecule has 0 saturated heterocycles. The molecule has 29 heavy (non-hydrogen) atoms. The van der Waals surface area contributed by atoms with E-state index in [4.69, 9.17) is 48.7 Å². The third kappa shape index (κ3) is 15.9. The molecule has 0 spiro atoms. The van der Waals surface area contributed by atoms with Crippen LogP contribution in [0.5, 0.6) is 11.5 Å². The summed E-state index contributed by atoms with van der Waals surface area (Å²) < 4.78 is 0. The van der Waals surface area contributed by atoms with Gasteiger partial charge in [0.1, 0.15) is 0 Å². The van der Waals surface area contributed by atoms with Crippen LogP contribution in [0.25, 0.3) is 5.73 Å². The van der Waals surface area contributed by atoms with Gasteiger partial charge in [0.15, 0.2) is 0 Å². The fourth-order valence-electron chi connectivity index (χ4n) is 1.81. The van der Waals surface area contributed by atoms with Crippen molar-refractivity contribution in [2.45, 2.75) is 0 Å². The molecule has 6 nitrogen and oxygen atoms in total. The Bertz CT molecular complexity index is 714. The van der Waals surface area contributed by atoms with Gasteiger partial charge in [-0.3, -0.25) is 9.59 Å². The smallest absolute Gasteiger partial charge is 0.676 e. The number of rotatable bonds is 6. The Morgan fingerprint density at radius 2 is 1.10 bits per heavy atom. The van der Waals surface area contributed by atoms with Crippen molar-refractivity contribution in [3.8, 4) is 11.5 Å². The van der Waals surface area contributed by atoms with Crippen LogP contribution in [-0.4, -0.2) is 62.6 Å². The summed E-state index contributed by atoms with van der Waals surface area (Å²) in [5.41, 5.74) is 6.99. The third-order valence-corrected chi connectivity index (χ3v) is 3.60. The molecule has 0 aliphatic rings. The monoisotopic (exact) mass is 490 g/mol. The molecule has 7 N–H and O–H groups in total. The number of hydrogen-bond acceptors (Lipinski definition) is 1. The van der Waals surface area contributed by atoms with Crippen molar-refractivity contribution >= 4 is 23.2 Å². The molecule has 2 aromatic rings. The second kappa shape index (κ2) is 19.7. The van der Waals surface area contributed by atoms with E-state index in [1.54, 1.807) is 36.4 Å². The maximum absolute atomic E-state index is 8.89. The molecule has 2 aromatic carbocycles. The van der Waals surface area contributed by atoms with E-state index in [9.17, 15) is 0 Å². The van der Waals surface area contributed by atoms with Crippen molar-refractivity contribution in [2.24, 2.45) is 0 Å². The van der Waals surface area contributed by atoms with Gasteiger partial charge >= 0.3 is 39.1 Å². The van der Waals surface area contributed by atoms with Crippen molar-refractivity contribution in [1.82, 2.24) is 4.90 Å². The predicted molar refractivity (Wildman–Crippen MR) is 116 cm³/mol. The van der Waals surface area contributed by atoms with E-state index < -0.39 is 0 Å². The summed E-state index contributed by atoms with van der Waals surface area (Å²) in [4.78, 5) is 19.9. The summed E-state index contributed by atoms with van der Waals surface area (Å²) in [5.74, 6) is 1.55. The first-order valence-electron chi connectivity index (χ1n) is 8.61. The Balaban J connectivity index is 0.